The molecule has 0 fully saturated rings. The lowest BCUT2D eigenvalue weighted by Gasteiger charge is -2.07. The van der Waals surface area contributed by atoms with Crippen LogP contribution in [-0.4, -0.2) is 12.5 Å². The van der Waals surface area contributed by atoms with Gasteiger partial charge in [0.15, 0.2) is 0 Å². The zero-order valence-electron chi connectivity index (χ0n) is 11.5. The van der Waals surface area contributed by atoms with Gasteiger partial charge in [-0.05, 0) is 42.2 Å². The Labute approximate surface area is 118 Å². The number of ether oxygens (including phenoxy) is 1. The van der Waals surface area contributed by atoms with Crippen LogP contribution in [0.2, 0.25) is 0 Å². The average Bonchev–Trinajstić information content (AvgIpc) is 2.50. The van der Waals surface area contributed by atoms with Crippen LogP contribution in [0, 0.1) is 0 Å². The molecule has 20 heavy (non-hydrogen) atoms. The summed E-state index contributed by atoms with van der Waals surface area (Å²) in [6.45, 7) is 0.669. The third-order valence-corrected chi connectivity index (χ3v) is 3.20. The molecule has 0 heterocycles. The topological polar surface area (TPSA) is 64.3 Å². The number of hydrazine groups is 1. The molecule has 0 unspecified atom stereocenters. The Hall–Kier alpha value is -2.07. The minimum absolute atomic E-state index is 0.111. The summed E-state index contributed by atoms with van der Waals surface area (Å²) >= 11 is 0. The summed E-state index contributed by atoms with van der Waals surface area (Å²) in [7, 11) is 0. The summed E-state index contributed by atoms with van der Waals surface area (Å²) in [6, 6.07) is 14.3. The van der Waals surface area contributed by atoms with E-state index < -0.39 is 0 Å². The Kier molecular flexibility index (Phi) is 5.38. The molecular weight excluding hydrogens is 252 g/mol. The lowest BCUT2D eigenvalue weighted by Crippen LogP contribution is -2.29. The molecule has 4 nitrogen and oxygen atoms in total. The van der Waals surface area contributed by atoms with Crippen LogP contribution in [0.4, 0.5) is 0 Å². The van der Waals surface area contributed by atoms with Gasteiger partial charge in [-0.3, -0.25) is 10.2 Å². The first-order valence-corrected chi connectivity index (χ1v) is 6.90. The second-order valence-corrected chi connectivity index (χ2v) is 4.74. The number of carbonyl (C=O) groups excluding carboxylic acids is 1. The molecule has 0 radical (unpaired) electrons. The molecule has 0 aromatic heterocycles. The van der Waals surface area contributed by atoms with Crippen molar-refractivity contribution in [2.75, 3.05) is 6.61 Å². The van der Waals surface area contributed by atoms with Crippen LogP contribution in [0.5, 0.6) is 5.75 Å². The van der Waals surface area contributed by atoms with Crippen molar-refractivity contribution in [3.8, 4) is 5.75 Å². The van der Waals surface area contributed by atoms with Crippen molar-refractivity contribution < 1.29 is 9.53 Å². The number of benzene rings is 2. The second kappa shape index (κ2) is 7.50. The predicted octanol–water partition coefficient (Wildman–Crippen LogP) is 2.77. The highest BCUT2D eigenvalue weighted by atomic mass is 16.5. The van der Waals surface area contributed by atoms with E-state index in [1.54, 1.807) is 0 Å². The van der Waals surface area contributed by atoms with Crippen LogP contribution in [0.15, 0.2) is 42.5 Å². The summed E-state index contributed by atoms with van der Waals surface area (Å²) in [5.41, 5.74) is 2.13. The Morgan fingerprint density at radius 1 is 1.05 bits per heavy atom. The van der Waals surface area contributed by atoms with Gasteiger partial charge in [0.25, 0.3) is 0 Å². The van der Waals surface area contributed by atoms with Crippen LogP contribution in [-0.2, 0) is 4.79 Å². The predicted molar refractivity (Wildman–Crippen MR) is 80.2 cm³/mol. The van der Waals surface area contributed by atoms with Gasteiger partial charge < -0.3 is 4.74 Å². The molecule has 106 valence electrons. The Morgan fingerprint density at radius 3 is 2.65 bits per heavy atom. The van der Waals surface area contributed by atoms with E-state index in [-0.39, 0.29) is 5.91 Å². The van der Waals surface area contributed by atoms with Crippen LogP contribution in [0.1, 0.15) is 25.7 Å². The summed E-state index contributed by atoms with van der Waals surface area (Å²) in [4.78, 5) is 10.9. The van der Waals surface area contributed by atoms with Gasteiger partial charge in [0.05, 0.1) is 6.61 Å². The van der Waals surface area contributed by atoms with E-state index in [1.807, 2.05) is 18.2 Å². The third-order valence-electron chi connectivity index (χ3n) is 3.20. The fourth-order valence-corrected chi connectivity index (χ4v) is 2.08. The van der Waals surface area contributed by atoms with E-state index in [9.17, 15) is 4.79 Å². The Balaban J connectivity index is 1.72. The van der Waals surface area contributed by atoms with Crippen molar-refractivity contribution >= 4 is 16.7 Å². The van der Waals surface area contributed by atoms with Gasteiger partial charge in [0, 0.05) is 6.42 Å². The standard InChI is InChI=1S/C16H20N2O2/c17-18-16(19)8-2-1-5-11-20-15-10-9-13-6-3-4-7-14(13)12-15/h3-4,6-7,9-10,12H,1-2,5,8,11,17H2,(H,18,19). The molecule has 0 saturated carbocycles. The van der Waals surface area contributed by atoms with Crippen molar-refractivity contribution in [3.63, 3.8) is 0 Å². The summed E-state index contributed by atoms with van der Waals surface area (Å²) in [5, 5.41) is 2.40. The summed E-state index contributed by atoms with van der Waals surface area (Å²) < 4.78 is 5.72. The number of hydrogen-bond donors (Lipinski definition) is 2. The van der Waals surface area contributed by atoms with Crippen molar-refractivity contribution in [1.82, 2.24) is 5.43 Å². The number of carbonyl (C=O) groups is 1. The van der Waals surface area contributed by atoms with Crippen molar-refractivity contribution in [2.24, 2.45) is 5.84 Å². The van der Waals surface area contributed by atoms with Crippen molar-refractivity contribution in [3.05, 3.63) is 42.5 Å². The number of rotatable bonds is 7. The first-order chi connectivity index (χ1) is 9.79. The van der Waals surface area contributed by atoms with Gasteiger partial charge in [-0.15, -0.1) is 0 Å². The Morgan fingerprint density at radius 2 is 1.85 bits per heavy atom. The minimum Gasteiger partial charge on any atom is -0.494 e. The average molecular weight is 272 g/mol. The van der Waals surface area contributed by atoms with E-state index in [2.05, 4.69) is 29.7 Å². The van der Waals surface area contributed by atoms with Gasteiger partial charge in [0.2, 0.25) is 5.91 Å². The highest BCUT2D eigenvalue weighted by Gasteiger charge is 1.99. The minimum atomic E-state index is -0.111. The zero-order chi connectivity index (χ0) is 14.2. The normalized spacial score (nSPS) is 10.4. The lowest BCUT2D eigenvalue weighted by molar-refractivity contribution is -0.121. The molecule has 0 aliphatic heterocycles. The fourth-order valence-electron chi connectivity index (χ4n) is 2.08. The second-order valence-electron chi connectivity index (χ2n) is 4.74. The maximum atomic E-state index is 10.9. The molecule has 2 aromatic rings. The summed E-state index contributed by atoms with van der Waals surface area (Å²) in [6.07, 6.45) is 3.21. The van der Waals surface area contributed by atoms with Crippen LogP contribution in [0.3, 0.4) is 0 Å². The quantitative estimate of drug-likeness (QED) is 0.352. The van der Waals surface area contributed by atoms with Gasteiger partial charge in [-0.25, -0.2) is 5.84 Å². The molecule has 2 rings (SSSR count). The first-order valence-electron chi connectivity index (χ1n) is 6.90. The SMILES string of the molecule is NNC(=O)CCCCCOc1ccc2ccccc2c1. The maximum absolute atomic E-state index is 10.9. The third kappa shape index (κ3) is 4.24. The van der Waals surface area contributed by atoms with E-state index in [4.69, 9.17) is 10.6 Å². The van der Waals surface area contributed by atoms with Crippen molar-refractivity contribution in [1.29, 1.82) is 0 Å². The van der Waals surface area contributed by atoms with E-state index in [0.29, 0.717) is 13.0 Å². The van der Waals surface area contributed by atoms with Crippen LogP contribution >= 0.6 is 0 Å². The fraction of sp³-hybridized carbons (Fsp3) is 0.312. The highest BCUT2D eigenvalue weighted by molar-refractivity contribution is 5.83. The molecular formula is C16H20N2O2. The monoisotopic (exact) mass is 272 g/mol. The summed E-state index contributed by atoms with van der Waals surface area (Å²) in [5.74, 6) is 5.79. The van der Waals surface area contributed by atoms with Crippen LogP contribution < -0.4 is 16.0 Å². The molecule has 0 aliphatic rings. The molecule has 0 aliphatic carbocycles. The van der Waals surface area contributed by atoms with E-state index >= 15 is 0 Å². The molecule has 0 bridgehead atoms. The van der Waals surface area contributed by atoms with E-state index in [1.165, 1.54) is 10.8 Å². The largest absolute Gasteiger partial charge is 0.494 e. The molecule has 0 saturated heterocycles. The molecule has 2 aromatic carbocycles. The highest BCUT2D eigenvalue weighted by Crippen LogP contribution is 2.20. The van der Waals surface area contributed by atoms with Crippen molar-refractivity contribution in [2.45, 2.75) is 25.7 Å². The number of amides is 1. The number of fused-ring (bicyclic) bond motifs is 1. The number of nitrogens with one attached hydrogen (secondary N) is 1. The van der Waals surface area contributed by atoms with Gasteiger partial charge >= 0.3 is 0 Å². The van der Waals surface area contributed by atoms with Gasteiger partial charge in [-0.2, -0.15) is 0 Å². The number of unbranched alkanes of at least 4 members (excludes halogenated alkanes) is 2. The maximum Gasteiger partial charge on any atom is 0.233 e. The molecule has 0 spiro atoms. The number of nitrogens with two attached hydrogens (primary N) is 1. The lowest BCUT2D eigenvalue weighted by atomic mass is 10.1. The molecule has 3 N–H and O–H groups in total. The smallest absolute Gasteiger partial charge is 0.233 e. The molecule has 0 atom stereocenters. The molecule has 1 amide bonds. The van der Waals surface area contributed by atoms with E-state index in [0.717, 1.165) is 25.0 Å². The zero-order valence-corrected chi connectivity index (χ0v) is 11.5. The first kappa shape index (κ1) is 14.3. The van der Waals surface area contributed by atoms with Gasteiger partial charge in [-0.1, -0.05) is 30.3 Å². The Bertz CT molecular complexity index is 569. The molecule has 4 heteroatoms. The van der Waals surface area contributed by atoms with Crippen LogP contribution in [0.25, 0.3) is 10.8 Å². The number of hydrogen-bond acceptors (Lipinski definition) is 3. The van der Waals surface area contributed by atoms with Gasteiger partial charge in [0.1, 0.15) is 5.75 Å².